The largest absolute Gasteiger partial charge is 0.482 e. The number of benzene rings is 3. The highest BCUT2D eigenvalue weighted by Gasteiger charge is 2.33. The maximum Gasteiger partial charge on any atom is 0.265 e. The normalized spacial score (nSPS) is 13.6. The molecule has 1 atom stereocenters. The third-order valence-electron chi connectivity index (χ3n) is 6.30. The van der Waals surface area contributed by atoms with Crippen LogP contribution in [0.1, 0.15) is 28.6 Å². The minimum absolute atomic E-state index is 0.106. The second-order valence-electron chi connectivity index (χ2n) is 9.01. The van der Waals surface area contributed by atoms with Crippen LogP contribution in [0.5, 0.6) is 5.75 Å². The van der Waals surface area contributed by atoms with Gasteiger partial charge in [0.05, 0.1) is 16.4 Å². The van der Waals surface area contributed by atoms with E-state index >= 15 is 0 Å². The van der Waals surface area contributed by atoms with Gasteiger partial charge in [0.25, 0.3) is 5.91 Å². The highest BCUT2D eigenvalue weighted by molar-refractivity contribution is 7.10. The van der Waals surface area contributed by atoms with Crippen molar-refractivity contribution in [1.29, 1.82) is 0 Å². The Morgan fingerprint density at radius 3 is 2.72 bits per heavy atom. The van der Waals surface area contributed by atoms with Crippen molar-refractivity contribution < 1.29 is 14.3 Å². The molecule has 1 aliphatic heterocycles. The Kier molecular flexibility index (Phi) is 6.57. The quantitative estimate of drug-likeness (QED) is 0.367. The number of fused-ring (bicyclic) bond motifs is 1. The summed E-state index contributed by atoms with van der Waals surface area (Å²) in [6, 6.07) is 21.1. The Hall–Kier alpha value is -3.97. The van der Waals surface area contributed by atoms with E-state index in [0.29, 0.717) is 11.4 Å². The van der Waals surface area contributed by atoms with E-state index in [0.717, 1.165) is 39.5 Å². The molecule has 36 heavy (non-hydrogen) atoms. The maximum absolute atomic E-state index is 13.2. The molecule has 5 rings (SSSR count). The maximum atomic E-state index is 13.2. The van der Waals surface area contributed by atoms with Gasteiger partial charge in [-0.05, 0) is 61.7 Å². The van der Waals surface area contributed by atoms with Gasteiger partial charge in [-0.25, -0.2) is 4.98 Å². The first-order valence-corrected chi connectivity index (χ1v) is 12.7. The molecule has 2 amide bonds. The van der Waals surface area contributed by atoms with Crippen molar-refractivity contribution in [3.8, 4) is 17.0 Å². The van der Waals surface area contributed by atoms with Crippen LogP contribution in [0.3, 0.4) is 0 Å². The fourth-order valence-corrected chi connectivity index (χ4v) is 5.11. The Bertz CT molecular complexity index is 1430. The standard InChI is InChI=1S/C29H27N3O3S/c1-18-9-10-19(2)23(13-18)31-29(34)20(3)32-25-15-22(11-12-26(25)35-16-28(32)33)24-17-36-27(30-24)14-21-7-5-4-6-8-21/h4-13,15,17,20H,14,16H2,1-3H3,(H,31,34). The number of nitrogens with one attached hydrogen (secondary N) is 1. The molecule has 0 aliphatic carbocycles. The van der Waals surface area contributed by atoms with Crippen LogP contribution in [-0.2, 0) is 16.0 Å². The van der Waals surface area contributed by atoms with E-state index in [-0.39, 0.29) is 18.4 Å². The number of thiazole rings is 1. The molecule has 0 saturated heterocycles. The van der Waals surface area contributed by atoms with E-state index in [1.54, 1.807) is 18.3 Å². The van der Waals surface area contributed by atoms with Crippen molar-refractivity contribution in [2.45, 2.75) is 33.2 Å². The van der Waals surface area contributed by atoms with Crippen LogP contribution in [0.25, 0.3) is 11.3 Å². The lowest BCUT2D eigenvalue weighted by molar-refractivity contribution is -0.125. The van der Waals surface area contributed by atoms with Gasteiger partial charge in [0.15, 0.2) is 6.61 Å². The molecule has 2 heterocycles. The van der Waals surface area contributed by atoms with Crippen molar-refractivity contribution in [3.05, 3.63) is 93.8 Å². The summed E-state index contributed by atoms with van der Waals surface area (Å²) >= 11 is 1.61. The summed E-state index contributed by atoms with van der Waals surface area (Å²) in [4.78, 5) is 32.5. The van der Waals surface area contributed by atoms with E-state index in [1.165, 1.54) is 10.5 Å². The summed E-state index contributed by atoms with van der Waals surface area (Å²) in [6.07, 6.45) is 0.764. The number of hydrogen-bond donors (Lipinski definition) is 1. The molecular weight excluding hydrogens is 470 g/mol. The van der Waals surface area contributed by atoms with Gasteiger partial charge in [-0.2, -0.15) is 0 Å². The van der Waals surface area contributed by atoms with Gasteiger partial charge in [-0.1, -0.05) is 42.5 Å². The van der Waals surface area contributed by atoms with E-state index in [2.05, 4.69) is 17.4 Å². The van der Waals surface area contributed by atoms with Crippen LogP contribution in [0.2, 0.25) is 0 Å². The van der Waals surface area contributed by atoms with Crippen molar-refractivity contribution in [1.82, 2.24) is 4.98 Å². The fraction of sp³-hybridized carbons (Fsp3) is 0.207. The van der Waals surface area contributed by atoms with Crippen molar-refractivity contribution in [3.63, 3.8) is 0 Å². The number of carbonyl (C=O) groups excluding carboxylic acids is 2. The average Bonchev–Trinajstić information content (AvgIpc) is 3.34. The SMILES string of the molecule is Cc1ccc(C)c(NC(=O)C(C)N2C(=O)COc3ccc(-c4csc(Cc5ccccc5)n4)cc32)c1. The minimum atomic E-state index is -0.723. The van der Waals surface area contributed by atoms with E-state index in [1.807, 2.05) is 73.8 Å². The van der Waals surface area contributed by atoms with Gasteiger partial charge in [0.2, 0.25) is 5.91 Å². The molecule has 0 spiro atoms. The van der Waals surface area contributed by atoms with Crippen LogP contribution >= 0.6 is 11.3 Å². The number of aryl methyl sites for hydroxylation is 2. The van der Waals surface area contributed by atoms with Crippen LogP contribution in [0.15, 0.2) is 72.1 Å². The van der Waals surface area contributed by atoms with Crippen LogP contribution in [0, 0.1) is 13.8 Å². The Morgan fingerprint density at radius 2 is 1.92 bits per heavy atom. The number of hydrogen-bond acceptors (Lipinski definition) is 5. The smallest absolute Gasteiger partial charge is 0.265 e. The summed E-state index contributed by atoms with van der Waals surface area (Å²) in [5.41, 5.74) is 6.24. The number of amides is 2. The van der Waals surface area contributed by atoms with Gasteiger partial charge in [-0.3, -0.25) is 14.5 Å². The molecule has 1 N–H and O–H groups in total. The fourth-order valence-electron chi connectivity index (χ4n) is 4.28. The van der Waals surface area contributed by atoms with Crippen molar-refractivity contribution >= 4 is 34.5 Å². The zero-order chi connectivity index (χ0) is 25.2. The molecule has 182 valence electrons. The lowest BCUT2D eigenvalue weighted by Crippen LogP contribution is -2.49. The number of nitrogens with zero attached hydrogens (tertiary/aromatic N) is 2. The monoisotopic (exact) mass is 497 g/mol. The number of aromatic nitrogens is 1. The van der Waals surface area contributed by atoms with Crippen LogP contribution in [0.4, 0.5) is 11.4 Å². The molecule has 0 saturated carbocycles. The second-order valence-corrected chi connectivity index (χ2v) is 9.95. The summed E-state index contributed by atoms with van der Waals surface area (Å²) in [5, 5.41) is 6.02. The van der Waals surface area contributed by atoms with E-state index < -0.39 is 6.04 Å². The topological polar surface area (TPSA) is 71.5 Å². The minimum Gasteiger partial charge on any atom is -0.482 e. The molecular formula is C29H27N3O3S. The van der Waals surface area contributed by atoms with E-state index in [4.69, 9.17) is 9.72 Å². The molecule has 0 bridgehead atoms. The highest BCUT2D eigenvalue weighted by Crippen LogP contribution is 2.37. The summed E-state index contributed by atoms with van der Waals surface area (Å²) in [6.45, 7) is 5.55. The van der Waals surface area contributed by atoms with Gasteiger partial charge in [0.1, 0.15) is 11.8 Å². The van der Waals surface area contributed by atoms with Gasteiger partial charge in [-0.15, -0.1) is 11.3 Å². The Balaban J connectivity index is 1.41. The highest BCUT2D eigenvalue weighted by atomic mass is 32.1. The molecule has 0 fully saturated rings. The number of carbonyl (C=O) groups is 2. The predicted octanol–water partition coefficient (Wildman–Crippen LogP) is 5.77. The number of rotatable bonds is 6. The van der Waals surface area contributed by atoms with Crippen molar-refractivity contribution in [2.75, 3.05) is 16.8 Å². The molecule has 1 aliphatic rings. The Labute approximate surface area is 214 Å². The predicted molar refractivity (Wildman–Crippen MR) is 144 cm³/mol. The summed E-state index contributed by atoms with van der Waals surface area (Å²) in [5.74, 6) is 0.0601. The molecule has 4 aromatic rings. The molecule has 1 unspecified atom stereocenters. The van der Waals surface area contributed by atoms with Crippen LogP contribution in [-0.4, -0.2) is 29.4 Å². The lowest BCUT2D eigenvalue weighted by Gasteiger charge is -2.33. The molecule has 3 aromatic carbocycles. The summed E-state index contributed by atoms with van der Waals surface area (Å²) < 4.78 is 5.68. The summed E-state index contributed by atoms with van der Waals surface area (Å²) in [7, 11) is 0. The molecule has 6 nitrogen and oxygen atoms in total. The number of ether oxygens (including phenoxy) is 1. The molecule has 7 heteroatoms. The second kappa shape index (κ2) is 9.95. The van der Waals surface area contributed by atoms with Gasteiger partial charge in [0, 0.05) is 23.1 Å². The first-order valence-electron chi connectivity index (χ1n) is 11.8. The number of anilines is 2. The molecule has 0 radical (unpaired) electrons. The average molecular weight is 498 g/mol. The lowest BCUT2D eigenvalue weighted by atomic mass is 10.1. The Morgan fingerprint density at radius 1 is 1.11 bits per heavy atom. The zero-order valence-corrected chi connectivity index (χ0v) is 21.3. The first-order chi connectivity index (χ1) is 17.4. The first kappa shape index (κ1) is 23.8. The third-order valence-corrected chi connectivity index (χ3v) is 7.15. The zero-order valence-electron chi connectivity index (χ0n) is 20.4. The molecule has 1 aromatic heterocycles. The van der Waals surface area contributed by atoms with E-state index in [9.17, 15) is 9.59 Å². The van der Waals surface area contributed by atoms with Gasteiger partial charge >= 0.3 is 0 Å². The van der Waals surface area contributed by atoms with Gasteiger partial charge < -0.3 is 10.1 Å². The third kappa shape index (κ3) is 4.88. The van der Waals surface area contributed by atoms with Crippen LogP contribution < -0.4 is 15.0 Å². The van der Waals surface area contributed by atoms with Crippen molar-refractivity contribution in [2.24, 2.45) is 0 Å².